The van der Waals surface area contributed by atoms with Gasteiger partial charge in [-0.15, -0.1) is 0 Å². The predicted molar refractivity (Wildman–Crippen MR) is 102 cm³/mol. The lowest BCUT2D eigenvalue weighted by atomic mass is 9.87. The normalized spacial score (nSPS) is 23.7. The molecule has 0 aliphatic carbocycles. The molecule has 1 spiro atoms. The van der Waals surface area contributed by atoms with Gasteiger partial charge in [0.15, 0.2) is 0 Å². The van der Waals surface area contributed by atoms with Crippen molar-refractivity contribution in [3.05, 3.63) is 65.7 Å². The van der Waals surface area contributed by atoms with Crippen LogP contribution in [0.5, 0.6) is 0 Å². The molecule has 1 atom stereocenters. The van der Waals surface area contributed by atoms with Gasteiger partial charge in [0, 0.05) is 37.8 Å². The fourth-order valence-corrected chi connectivity index (χ4v) is 4.58. The molecule has 5 heteroatoms. The highest BCUT2D eigenvalue weighted by Crippen LogP contribution is 2.40. The number of carbonyl (C=O) groups is 1. The van der Waals surface area contributed by atoms with E-state index in [0.717, 1.165) is 56.6 Å². The molecule has 3 heterocycles. The summed E-state index contributed by atoms with van der Waals surface area (Å²) in [7, 11) is 0. The molecule has 4 nitrogen and oxygen atoms in total. The van der Waals surface area contributed by atoms with Gasteiger partial charge >= 0.3 is 0 Å². The summed E-state index contributed by atoms with van der Waals surface area (Å²) in [5, 5.41) is 0. The Morgan fingerprint density at radius 3 is 2.78 bits per heavy atom. The van der Waals surface area contributed by atoms with Crippen LogP contribution in [-0.2, 0) is 17.9 Å². The largest absolute Gasteiger partial charge is 0.333 e. The molecule has 1 amide bonds. The molecule has 0 bridgehead atoms. The molecule has 0 N–H and O–H groups in total. The summed E-state index contributed by atoms with van der Waals surface area (Å²) in [6, 6.07) is 12.7. The third kappa shape index (κ3) is 4.03. The zero-order chi connectivity index (χ0) is 18.7. The second-order valence-electron chi connectivity index (χ2n) is 7.78. The zero-order valence-corrected chi connectivity index (χ0v) is 15.6. The summed E-state index contributed by atoms with van der Waals surface area (Å²) in [4.78, 5) is 21.6. The van der Waals surface area contributed by atoms with E-state index in [0.29, 0.717) is 13.0 Å². The SMILES string of the molecule is O=C1CC[C@@]2(CCCN(Cc3ccccn3)CC2)N1Cc1cccc(F)c1. The van der Waals surface area contributed by atoms with Crippen molar-refractivity contribution < 1.29 is 9.18 Å². The minimum Gasteiger partial charge on any atom is -0.333 e. The van der Waals surface area contributed by atoms with Gasteiger partial charge in [0.2, 0.25) is 5.91 Å². The minimum absolute atomic E-state index is 0.0811. The third-order valence-corrected chi connectivity index (χ3v) is 6.03. The topological polar surface area (TPSA) is 36.4 Å². The fraction of sp³-hybridized carbons (Fsp3) is 0.455. The average Bonchev–Trinajstić information content (AvgIpc) is 2.84. The Morgan fingerprint density at radius 1 is 1.04 bits per heavy atom. The van der Waals surface area contributed by atoms with Gasteiger partial charge in [0.05, 0.1) is 5.69 Å². The van der Waals surface area contributed by atoms with E-state index in [1.54, 1.807) is 12.1 Å². The number of nitrogens with zero attached hydrogens (tertiary/aromatic N) is 3. The molecule has 27 heavy (non-hydrogen) atoms. The van der Waals surface area contributed by atoms with Crippen molar-refractivity contribution in [1.29, 1.82) is 0 Å². The van der Waals surface area contributed by atoms with Crippen LogP contribution in [0.15, 0.2) is 48.7 Å². The number of hydrogen-bond donors (Lipinski definition) is 0. The Kier molecular flexibility index (Phi) is 5.21. The number of carbonyl (C=O) groups excluding carboxylic acids is 1. The van der Waals surface area contributed by atoms with Gasteiger partial charge in [0.1, 0.15) is 5.82 Å². The second-order valence-corrected chi connectivity index (χ2v) is 7.78. The quantitative estimate of drug-likeness (QED) is 0.825. The predicted octanol–water partition coefficient (Wildman–Crippen LogP) is 3.77. The van der Waals surface area contributed by atoms with E-state index in [-0.39, 0.29) is 17.3 Å². The molecule has 2 saturated heterocycles. The average molecular weight is 367 g/mol. The Bertz CT molecular complexity index is 797. The highest BCUT2D eigenvalue weighted by molar-refractivity contribution is 5.79. The van der Waals surface area contributed by atoms with E-state index in [1.807, 2.05) is 29.3 Å². The molecule has 1 aromatic carbocycles. The van der Waals surface area contributed by atoms with Gasteiger partial charge in [-0.2, -0.15) is 0 Å². The standard InChI is InChI=1S/C22H26FN3O/c23-19-6-3-5-18(15-19)16-26-21(27)8-10-22(26)9-4-13-25(14-11-22)17-20-7-1-2-12-24-20/h1-3,5-7,12,15H,4,8-11,13-14,16-17H2/t22-/m1/s1. The molecule has 4 rings (SSSR count). The first-order chi connectivity index (χ1) is 13.1. The van der Waals surface area contributed by atoms with Crippen molar-refractivity contribution in [2.45, 2.75) is 50.7 Å². The molecule has 0 saturated carbocycles. The number of likely N-dealkylation sites (tertiary alicyclic amines) is 2. The van der Waals surface area contributed by atoms with Crippen molar-refractivity contribution in [3.8, 4) is 0 Å². The first-order valence-electron chi connectivity index (χ1n) is 9.82. The van der Waals surface area contributed by atoms with Crippen LogP contribution in [0.3, 0.4) is 0 Å². The number of hydrogen-bond acceptors (Lipinski definition) is 3. The van der Waals surface area contributed by atoms with Crippen molar-refractivity contribution in [2.75, 3.05) is 13.1 Å². The maximum atomic E-state index is 13.6. The zero-order valence-electron chi connectivity index (χ0n) is 15.6. The molecule has 0 radical (unpaired) electrons. The fourth-order valence-electron chi connectivity index (χ4n) is 4.58. The Hall–Kier alpha value is -2.27. The first kappa shape index (κ1) is 18.1. The Balaban J connectivity index is 1.47. The number of benzene rings is 1. The van der Waals surface area contributed by atoms with E-state index in [1.165, 1.54) is 6.07 Å². The number of pyridine rings is 1. The molecule has 142 valence electrons. The van der Waals surface area contributed by atoms with E-state index in [2.05, 4.69) is 16.0 Å². The van der Waals surface area contributed by atoms with Crippen molar-refractivity contribution in [3.63, 3.8) is 0 Å². The molecule has 2 aliphatic heterocycles. The Morgan fingerprint density at radius 2 is 1.96 bits per heavy atom. The number of aromatic nitrogens is 1. The summed E-state index contributed by atoms with van der Waals surface area (Å²) in [6.45, 7) is 3.36. The van der Waals surface area contributed by atoms with E-state index >= 15 is 0 Å². The number of halogens is 1. The van der Waals surface area contributed by atoms with Gasteiger partial charge in [-0.25, -0.2) is 4.39 Å². The van der Waals surface area contributed by atoms with Gasteiger partial charge in [-0.3, -0.25) is 14.7 Å². The summed E-state index contributed by atoms with van der Waals surface area (Å²) < 4.78 is 13.6. The summed E-state index contributed by atoms with van der Waals surface area (Å²) in [5.74, 6) is -0.0342. The molecular weight excluding hydrogens is 341 g/mol. The first-order valence-corrected chi connectivity index (χ1v) is 9.82. The van der Waals surface area contributed by atoms with Gasteiger partial charge in [-0.1, -0.05) is 18.2 Å². The number of rotatable bonds is 4. The smallest absolute Gasteiger partial charge is 0.223 e. The van der Waals surface area contributed by atoms with Crippen molar-refractivity contribution >= 4 is 5.91 Å². The lowest BCUT2D eigenvalue weighted by Gasteiger charge is -2.38. The van der Waals surface area contributed by atoms with Crippen LogP contribution in [0.25, 0.3) is 0 Å². The van der Waals surface area contributed by atoms with Crippen LogP contribution in [0, 0.1) is 5.82 Å². The highest BCUT2D eigenvalue weighted by atomic mass is 19.1. The lowest BCUT2D eigenvalue weighted by Crippen LogP contribution is -2.45. The van der Waals surface area contributed by atoms with Crippen LogP contribution >= 0.6 is 0 Å². The molecule has 1 aromatic heterocycles. The van der Waals surface area contributed by atoms with Crippen LogP contribution < -0.4 is 0 Å². The van der Waals surface area contributed by atoms with Crippen molar-refractivity contribution in [2.24, 2.45) is 0 Å². The monoisotopic (exact) mass is 367 g/mol. The number of amides is 1. The summed E-state index contributed by atoms with van der Waals surface area (Å²) in [5.41, 5.74) is 1.88. The highest BCUT2D eigenvalue weighted by Gasteiger charge is 2.45. The van der Waals surface area contributed by atoms with Crippen LogP contribution in [0.4, 0.5) is 4.39 Å². The molecule has 2 aliphatic rings. The van der Waals surface area contributed by atoms with E-state index in [9.17, 15) is 9.18 Å². The third-order valence-electron chi connectivity index (χ3n) is 6.03. The van der Waals surface area contributed by atoms with Crippen LogP contribution in [0.1, 0.15) is 43.4 Å². The van der Waals surface area contributed by atoms with Gasteiger partial charge < -0.3 is 4.90 Å². The molecule has 2 aromatic rings. The Labute approximate surface area is 160 Å². The van der Waals surface area contributed by atoms with Gasteiger partial charge in [0.25, 0.3) is 0 Å². The van der Waals surface area contributed by atoms with E-state index < -0.39 is 0 Å². The summed E-state index contributed by atoms with van der Waals surface area (Å²) in [6.07, 6.45) is 6.42. The second kappa shape index (κ2) is 7.77. The summed E-state index contributed by atoms with van der Waals surface area (Å²) >= 11 is 0. The molecule has 0 unspecified atom stereocenters. The lowest BCUT2D eigenvalue weighted by molar-refractivity contribution is -0.132. The van der Waals surface area contributed by atoms with Crippen molar-refractivity contribution in [1.82, 2.24) is 14.8 Å². The van der Waals surface area contributed by atoms with Crippen LogP contribution in [-0.4, -0.2) is 39.3 Å². The maximum absolute atomic E-state index is 13.6. The molecule has 2 fully saturated rings. The minimum atomic E-state index is -0.240. The maximum Gasteiger partial charge on any atom is 0.223 e. The van der Waals surface area contributed by atoms with Gasteiger partial charge in [-0.05, 0) is 62.1 Å². The van der Waals surface area contributed by atoms with Crippen LogP contribution in [0.2, 0.25) is 0 Å². The van der Waals surface area contributed by atoms with E-state index in [4.69, 9.17) is 0 Å². The molecular formula is C22H26FN3O.